The van der Waals surface area contributed by atoms with Gasteiger partial charge in [0.15, 0.2) is 5.16 Å². The molecule has 1 aliphatic rings. The summed E-state index contributed by atoms with van der Waals surface area (Å²) in [5, 5.41) is 8.89. The van der Waals surface area contributed by atoms with Gasteiger partial charge < -0.3 is 9.64 Å². The minimum atomic E-state index is 0.0891. The van der Waals surface area contributed by atoms with E-state index in [9.17, 15) is 4.79 Å². The third-order valence-corrected chi connectivity index (χ3v) is 6.31. The number of carbonyl (C=O) groups excluding carboxylic acids is 1. The number of benzene rings is 2. The number of para-hydroxylation sites is 2. The Labute approximate surface area is 174 Å². The van der Waals surface area contributed by atoms with E-state index in [-0.39, 0.29) is 11.9 Å². The maximum absolute atomic E-state index is 12.9. The van der Waals surface area contributed by atoms with Crippen molar-refractivity contribution in [3.8, 4) is 11.4 Å². The van der Waals surface area contributed by atoms with E-state index in [2.05, 4.69) is 34.5 Å². The van der Waals surface area contributed by atoms with Gasteiger partial charge in [-0.1, -0.05) is 48.2 Å². The molecular weight excluding hydrogens is 384 g/mol. The van der Waals surface area contributed by atoms with Crippen molar-refractivity contribution < 1.29 is 9.53 Å². The number of methoxy groups -OCH3 is 1. The Kier molecular flexibility index (Phi) is 5.85. The predicted octanol–water partition coefficient (Wildman–Crippen LogP) is 3.90. The molecule has 0 unspecified atom stereocenters. The van der Waals surface area contributed by atoms with Gasteiger partial charge in [0.2, 0.25) is 5.91 Å². The number of rotatable bonds is 6. The van der Waals surface area contributed by atoms with Crippen molar-refractivity contribution in [2.24, 2.45) is 0 Å². The van der Waals surface area contributed by atoms with Crippen LogP contribution in [0.3, 0.4) is 0 Å². The Morgan fingerprint density at radius 1 is 1.24 bits per heavy atom. The molecule has 1 amide bonds. The molecule has 1 aromatic heterocycles. The van der Waals surface area contributed by atoms with Gasteiger partial charge in [0, 0.05) is 7.05 Å². The normalized spacial score (nSPS) is 15.6. The summed E-state index contributed by atoms with van der Waals surface area (Å²) in [6.45, 7) is 0. The van der Waals surface area contributed by atoms with Crippen molar-refractivity contribution in [3.05, 3.63) is 66.0 Å². The smallest absolute Gasteiger partial charge is 0.233 e. The van der Waals surface area contributed by atoms with Gasteiger partial charge in [0.1, 0.15) is 12.1 Å². The van der Waals surface area contributed by atoms with Crippen molar-refractivity contribution in [2.75, 3.05) is 19.9 Å². The molecule has 1 atom stereocenters. The Morgan fingerprint density at radius 3 is 2.90 bits per heavy atom. The van der Waals surface area contributed by atoms with E-state index in [0.29, 0.717) is 10.9 Å². The van der Waals surface area contributed by atoms with Crippen LogP contribution in [0.2, 0.25) is 0 Å². The minimum absolute atomic E-state index is 0.0891. The maximum Gasteiger partial charge on any atom is 0.233 e. The lowest BCUT2D eigenvalue weighted by Crippen LogP contribution is -2.34. The van der Waals surface area contributed by atoms with Gasteiger partial charge in [0.25, 0.3) is 0 Å². The molecule has 1 aliphatic carbocycles. The molecule has 150 valence electrons. The largest absolute Gasteiger partial charge is 0.495 e. The van der Waals surface area contributed by atoms with Crippen LogP contribution in [0.5, 0.6) is 5.75 Å². The van der Waals surface area contributed by atoms with E-state index in [1.807, 2.05) is 40.8 Å². The number of hydrogen-bond donors (Lipinski definition) is 0. The van der Waals surface area contributed by atoms with Crippen molar-refractivity contribution in [3.63, 3.8) is 0 Å². The molecular formula is C22H24N4O2S. The highest BCUT2D eigenvalue weighted by Crippen LogP contribution is 2.34. The molecule has 0 saturated heterocycles. The second-order valence-corrected chi connectivity index (χ2v) is 8.00. The molecule has 0 aliphatic heterocycles. The van der Waals surface area contributed by atoms with Crippen LogP contribution in [0.1, 0.15) is 30.0 Å². The Hall–Kier alpha value is -2.80. The number of carbonyl (C=O) groups is 1. The van der Waals surface area contributed by atoms with Crippen molar-refractivity contribution in [1.82, 2.24) is 19.7 Å². The lowest BCUT2D eigenvalue weighted by Gasteiger charge is -2.33. The van der Waals surface area contributed by atoms with Crippen molar-refractivity contribution in [1.29, 1.82) is 0 Å². The number of fused-ring (bicyclic) bond motifs is 1. The minimum Gasteiger partial charge on any atom is -0.495 e. The van der Waals surface area contributed by atoms with E-state index in [4.69, 9.17) is 4.74 Å². The molecule has 1 heterocycles. The van der Waals surface area contributed by atoms with Crippen LogP contribution in [-0.4, -0.2) is 45.5 Å². The van der Waals surface area contributed by atoms with Gasteiger partial charge in [-0.2, -0.15) is 0 Å². The van der Waals surface area contributed by atoms with Gasteiger partial charge in [-0.15, -0.1) is 10.2 Å². The second kappa shape index (κ2) is 8.69. The number of amides is 1. The summed E-state index contributed by atoms with van der Waals surface area (Å²) in [6.07, 6.45) is 4.84. The standard InChI is InChI=1S/C22H24N4O2S/c1-25(18-12-7-9-16-8-3-4-10-17(16)18)21(27)14-29-22-24-23-15-26(22)19-11-5-6-13-20(19)28-2/h3-6,8,10-11,13,15,18H,7,9,12,14H2,1-2H3/t18-/m1/s1. The highest BCUT2D eigenvalue weighted by molar-refractivity contribution is 7.99. The Morgan fingerprint density at radius 2 is 2.03 bits per heavy atom. The SMILES string of the molecule is COc1ccccc1-n1cnnc1SCC(=O)N(C)[C@@H]1CCCc2ccccc21. The highest BCUT2D eigenvalue weighted by atomic mass is 32.2. The van der Waals surface area contributed by atoms with Crippen molar-refractivity contribution >= 4 is 17.7 Å². The monoisotopic (exact) mass is 408 g/mol. The molecule has 0 bridgehead atoms. The van der Waals surface area contributed by atoms with E-state index < -0.39 is 0 Å². The van der Waals surface area contributed by atoms with Gasteiger partial charge in [-0.3, -0.25) is 9.36 Å². The number of nitrogens with zero attached hydrogens (tertiary/aromatic N) is 4. The molecule has 0 radical (unpaired) electrons. The summed E-state index contributed by atoms with van der Waals surface area (Å²) in [6, 6.07) is 16.3. The third-order valence-electron chi connectivity index (χ3n) is 5.38. The summed E-state index contributed by atoms with van der Waals surface area (Å²) in [4.78, 5) is 14.8. The van der Waals surface area contributed by atoms with Crippen molar-refractivity contribution in [2.45, 2.75) is 30.5 Å². The number of hydrogen-bond acceptors (Lipinski definition) is 5. The molecule has 2 aromatic carbocycles. The average molecular weight is 409 g/mol. The van der Waals surface area contributed by atoms with Crippen LogP contribution >= 0.6 is 11.8 Å². The molecule has 0 N–H and O–H groups in total. The lowest BCUT2D eigenvalue weighted by molar-refractivity contribution is -0.129. The first-order valence-electron chi connectivity index (χ1n) is 9.68. The molecule has 29 heavy (non-hydrogen) atoms. The quantitative estimate of drug-likeness (QED) is 0.579. The van der Waals surface area contributed by atoms with Crippen LogP contribution in [0.25, 0.3) is 5.69 Å². The summed E-state index contributed by atoms with van der Waals surface area (Å²) in [5.74, 6) is 1.13. The molecule has 4 rings (SSSR count). The molecule has 0 fully saturated rings. The molecule has 0 saturated carbocycles. The molecule has 6 nitrogen and oxygen atoms in total. The van der Waals surface area contributed by atoms with Crippen LogP contribution in [0.15, 0.2) is 60.0 Å². The zero-order valence-electron chi connectivity index (χ0n) is 16.6. The van der Waals surface area contributed by atoms with Crippen LogP contribution in [0.4, 0.5) is 0 Å². The van der Waals surface area contributed by atoms with Crippen LogP contribution in [-0.2, 0) is 11.2 Å². The molecule has 7 heteroatoms. The maximum atomic E-state index is 12.9. The number of ether oxygens (including phenoxy) is 1. The zero-order chi connectivity index (χ0) is 20.2. The second-order valence-electron chi connectivity index (χ2n) is 7.06. The number of thioether (sulfide) groups is 1. The van der Waals surface area contributed by atoms with E-state index in [1.54, 1.807) is 13.4 Å². The van der Waals surface area contributed by atoms with E-state index in [1.165, 1.54) is 22.9 Å². The number of aromatic nitrogens is 3. The van der Waals surface area contributed by atoms with Gasteiger partial charge >= 0.3 is 0 Å². The highest BCUT2D eigenvalue weighted by Gasteiger charge is 2.26. The topological polar surface area (TPSA) is 60.2 Å². The van der Waals surface area contributed by atoms with E-state index in [0.717, 1.165) is 30.7 Å². The first-order valence-corrected chi connectivity index (χ1v) is 10.7. The number of aryl methyl sites for hydroxylation is 1. The molecule has 0 spiro atoms. The van der Waals surface area contributed by atoms with Crippen LogP contribution in [0, 0.1) is 0 Å². The van der Waals surface area contributed by atoms with Gasteiger partial charge in [-0.25, -0.2) is 0 Å². The zero-order valence-corrected chi connectivity index (χ0v) is 17.4. The first kappa shape index (κ1) is 19.5. The predicted molar refractivity (Wildman–Crippen MR) is 114 cm³/mol. The summed E-state index contributed by atoms with van der Waals surface area (Å²) in [7, 11) is 3.54. The Bertz CT molecular complexity index is 1000. The molecule has 3 aromatic rings. The summed E-state index contributed by atoms with van der Waals surface area (Å²) >= 11 is 1.39. The fraction of sp³-hybridized carbons (Fsp3) is 0.318. The van der Waals surface area contributed by atoms with Gasteiger partial charge in [0.05, 0.1) is 24.6 Å². The lowest BCUT2D eigenvalue weighted by atomic mass is 9.87. The van der Waals surface area contributed by atoms with Crippen LogP contribution < -0.4 is 4.74 Å². The summed E-state index contributed by atoms with van der Waals surface area (Å²) < 4.78 is 7.29. The van der Waals surface area contributed by atoms with E-state index >= 15 is 0 Å². The third kappa shape index (κ3) is 4.00. The van der Waals surface area contributed by atoms with Gasteiger partial charge in [-0.05, 0) is 42.5 Å². The fourth-order valence-electron chi connectivity index (χ4n) is 3.85. The Balaban J connectivity index is 1.47. The summed E-state index contributed by atoms with van der Waals surface area (Å²) in [5.41, 5.74) is 3.48. The first-order chi connectivity index (χ1) is 14.2. The fourth-order valence-corrected chi connectivity index (χ4v) is 4.70. The average Bonchev–Trinajstić information content (AvgIpc) is 3.25.